The lowest BCUT2D eigenvalue weighted by Gasteiger charge is -2.07. The molecule has 0 aromatic carbocycles. The van der Waals surface area contributed by atoms with Gasteiger partial charge in [0.15, 0.2) is 0 Å². The Bertz CT molecular complexity index is 270. The SMILES string of the molecule is CC(C)COC(=O)[C@H]1[C@@H]2CCC(=O)[C@@H]21. The molecule has 78 valence electrons. The highest BCUT2D eigenvalue weighted by Gasteiger charge is 2.62. The summed E-state index contributed by atoms with van der Waals surface area (Å²) in [6.45, 7) is 4.49. The summed E-state index contributed by atoms with van der Waals surface area (Å²) in [5.74, 6) is 0.739. The summed E-state index contributed by atoms with van der Waals surface area (Å²) in [4.78, 5) is 22.8. The van der Waals surface area contributed by atoms with Gasteiger partial charge in [0.2, 0.25) is 0 Å². The van der Waals surface area contributed by atoms with Gasteiger partial charge < -0.3 is 4.74 Å². The van der Waals surface area contributed by atoms with E-state index in [1.165, 1.54) is 0 Å². The third kappa shape index (κ3) is 1.56. The maximum absolute atomic E-state index is 11.5. The Morgan fingerprint density at radius 3 is 2.79 bits per heavy atom. The van der Waals surface area contributed by atoms with Crippen LogP contribution in [0, 0.1) is 23.7 Å². The number of ketones is 1. The van der Waals surface area contributed by atoms with Crippen LogP contribution in [0.3, 0.4) is 0 Å². The molecule has 0 N–H and O–H groups in total. The number of carbonyl (C=O) groups excluding carboxylic acids is 2. The van der Waals surface area contributed by atoms with Gasteiger partial charge in [-0.25, -0.2) is 0 Å². The molecule has 0 unspecified atom stereocenters. The minimum absolute atomic E-state index is 0.0228. The van der Waals surface area contributed by atoms with Gasteiger partial charge in [0.25, 0.3) is 0 Å². The predicted molar refractivity (Wildman–Crippen MR) is 50.5 cm³/mol. The average Bonchev–Trinajstić information content (AvgIpc) is 2.74. The third-order valence-electron chi connectivity index (χ3n) is 3.10. The zero-order valence-electron chi connectivity index (χ0n) is 8.66. The van der Waals surface area contributed by atoms with Crippen LogP contribution < -0.4 is 0 Å². The highest BCUT2D eigenvalue weighted by Crippen LogP contribution is 2.55. The van der Waals surface area contributed by atoms with E-state index >= 15 is 0 Å². The van der Waals surface area contributed by atoms with E-state index in [-0.39, 0.29) is 23.6 Å². The lowest BCUT2D eigenvalue weighted by Crippen LogP contribution is -2.15. The van der Waals surface area contributed by atoms with Gasteiger partial charge in [-0.2, -0.15) is 0 Å². The molecule has 3 nitrogen and oxygen atoms in total. The van der Waals surface area contributed by atoms with Gasteiger partial charge in [-0.05, 0) is 18.3 Å². The molecule has 3 heteroatoms. The van der Waals surface area contributed by atoms with E-state index in [0.29, 0.717) is 24.9 Å². The molecule has 0 saturated heterocycles. The van der Waals surface area contributed by atoms with Crippen LogP contribution in [0.5, 0.6) is 0 Å². The number of Topliss-reactive ketones (excluding diaryl/α,β-unsaturated/α-hetero) is 1. The number of carbonyl (C=O) groups is 2. The molecule has 3 atom stereocenters. The minimum atomic E-state index is -0.151. The first-order valence-electron chi connectivity index (χ1n) is 5.30. The van der Waals surface area contributed by atoms with E-state index in [2.05, 4.69) is 0 Å². The molecular weight excluding hydrogens is 180 g/mol. The fourth-order valence-electron chi connectivity index (χ4n) is 2.31. The molecule has 0 amide bonds. The first kappa shape index (κ1) is 9.69. The average molecular weight is 196 g/mol. The molecule has 2 rings (SSSR count). The lowest BCUT2D eigenvalue weighted by molar-refractivity contribution is -0.148. The van der Waals surface area contributed by atoms with Gasteiger partial charge in [-0.15, -0.1) is 0 Å². The quantitative estimate of drug-likeness (QED) is 0.641. The molecule has 0 radical (unpaired) electrons. The van der Waals surface area contributed by atoms with E-state index in [9.17, 15) is 9.59 Å². The Morgan fingerprint density at radius 1 is 1.57 bits per heavy atom. The Labute approximate surface area is 83.8 Å². The van der Waals surface area contributed by atoms with Crippen molar-refractivity contribution in [1.82, 2.24) is 0 Å². The normalized spacial score (nSPS) is 34.5. The molecule has 14 heavy (non-hydrogen) atoms. The third-order valence-corrected chi connectivity index (χ3v) is 3.10. The topological polar surface area (TPSA) is 43.4 Å². The molecular formula is C11H16O3. The van der Waals surface area contributed by atoms with Crippen molar-refractivity contribution in [2.45, 2.75) is 26.7 Å². The molecule has 0 heterocycles. The van der Waals surface area contributed by atoms with Crippen LogP contribution in [0.25, 0.3) is 0 Å². The number of hydrogen-bond acceptors (Lipinski definition) is 3. The molecule has 2 aliphatic carbocycles. The summed E-state index contributed by atoms with van der Waals surface area (Å²) in [6.07, 6.45) is 1.56. The number of ether oxygens (including phenoxy) is 1. The summed E-state index contributed by atoms with van der Waals surface area (Å²) < 4.78 is 5.12. The molecule has 2 fully saturated rings. The molecule has 0 spiro atoms. The van der Waals surface area contributed by atoms with Crippen LogP contribution in [0.2, 0.25) is 0 Å². The van der Waals surface area contributed by atoms with Crippen molar-refractivity contribution >= 4 is 11.8 Å². The van der Waals surface area contributed by atoms with Gasteiger partial charge in [0.1, 0.15) is 5.78 Å². The highest BCUT2D eigenvalue weighted by atomic mass is 16.5. The van der Waals surface area contributed by atoms with Crippen molar-refractivity contribution in [3.05, 3.63) is 0 Å². The maximum Gasteiger partial charge on any atom is 0.309 e. The molecule has 0 aliphatic heterocycles. The number of esters is 1. The first-order chi connectivity index (χ1) is 6.61. The fourth-order valence-corrected chi connectivity index (χ4v) is 2.31. The molecule has 0 aromatic heterocycles. The Morgan fingerprint density at radius 2 is 2.29 bits per heavy atom. The maximum atomic E-state index is 11.5. The predicted octanol–water partition coefficient (Wildman–Crippen LogP) is 1.41. The van der Waals surface area contributed by atoms with Crippen LogP contribution in [0.15, 0.2) is 0 Å². The monoisotopic (exact) mass is 196 g/mol. The summed E-state index contributed by atoms with van der Waals surface area (Å²) in [7, 11) is 0. The summed E-state index contributed by atoms with van der Waals surface area (Å²) in [6, 6.07) is 0. The van der Waals surface area contributed by atoms with Crippen molar-refractivity contribution < 1.29 is 14.3 Å². The largest absolute Gasteiger partial charge is 0.465 e. The zero-order chi connectivity index (χ0) is 10.3. The summed E-state index contributed by atoms with van der Waals surface area (Å²) in [5.41, 5.74) is 0. The zero-order valence-corrected chi connectivity index (χ0v) is 8.66. The Kier molecular flexibility index (Phi) is 2.33. The standard InChI is InChI=1S/C11H16O3/c1-6(2)5-14-11(13)10-7-3-4-8(12)9(7)10/h6-7,9-10H,3-5H2,1-2H3/t7-,9-,10+/m1/s1. The van der Waals surface area contributed by atoms with Gasteiger partial charge >= 0.3 is 5.97 Å². The number of rotatable bonds is 3. The van der Waals surface area contributed by atoms with Crippen LogP contribution in [-0.2, 0) is 14.3 Å². The van der Waals surface area contributed by atoms with E-state index in [0.717, 1.165) is 6.42 Å². The van der Waals surface area contributed by atoms with Crippen LogP contribution in [0.4, 0.5) is 0 Å². The molecule has 0 aromatic rings. The lowest BCUT2D eigenvalue weighted by atomic mass is 10.1. The van der Waals surface area contributed by atoms with E-state index in [4.69, 9.17) is 4.74 Å². The fraction of sp³-hybridized carbons (Fsp3) is 0.818. The second-order valence-electron chi connectivity index (χ2n) is 4.74. The summed E-state index contributed by atoms with van der Waals surface area (Å²) in [5, 5.41) is 0. The highest BCUT2D eigenvalue weighted by molar-refractivity contribution is 5.94. The second-order valence-corrected chi connectivity index (χ2v) is 4.74. The van der Waals surface area contributed by atoms with Gasteiger partial charge in [-0.3, -0.25) is 9.59 Å². The first-order valence-corrected chi connectivity index (χ1v) is 5.30. The second kappa shape index (κ2) is 3.37. The van der Waals surface area contributed by atoms with Crippen molar-refractivity contribution in [2.24, 2.45) is 23.7 Å². The van der Waals surface area contributed by atoms with E-state index < -0.39 is 0 Å². The van der Waals surface area contributed by atoms with Crippen molar-refractivity contribution in [2.75, 3.05) is 6.61 Å². The van der Waals surface area contributed by atoms with E-state index in [1.807, 2.05) is 13.8 Å². The smallest absolute Gasteiger partial charge is 0.309 e. The van der Waals surface area contributed by atoms with Crippen molar-refractivity contribution in [1.29, 1.82) is 0 Å². The molecule has 0 bridgehead atoms. The van der Waals surface area contributed by atoms with Crippen LogP contribution in [0.1, 0.15) is 26.7 Å². The summed E-state index contributed by atoms with van der Waals surface area (Å²) >= 11 is 0. The number of hydrogen-bond donors (Lipinski definition) is 0. The van der Waals surface area contributed by atoms with Gasteiger partial charge in [0, 0.05) is 12.3 Å². The molecule has 2 aliphatic rings. The van der Waals surface area contributed by atoms with Gasteiger partial charge in [0.05, 0.1) is 12.5 Å². The Hall–Kier alpha value is -0.860. The van der Waals surface area contributed by atoms with Crippen LogP contribution >= 0.6 is 0 Å². The number of fused-ring (bicyclic) bond motifs is 1. The molecule has 2 saturated carbocycles. The van der Waals surface area contributed by atoms with Crippen molar-refractivity contribution in [3.8, 4) is 0 Å². The minimum Gasteiger partial charge on any atom is -0.465 e. The van der Waals surface area contributed by atoms with Crippen LogP contribution in [-0.4, -0.2) is 18.4 Å². The Balaban J connectivity index is 1.82. The van der Waals surface area contributed by atoms with Gasteiger partial charge in [-0.1, -0.05) is 13.8 Å². The van der Waals surface area contributed by atoms with Crippen molar-refractivity contribution in [3.63, 3.8) is 0 Å². The van der Waals surface area contributed by atoms with E-state index in [1.54, 1.807) is 0 Å².